The van der Waals surface area contributed by atoms with Gasteiger partial charge in [-0.25, -0.2) is 4.68 Å². The van der Waals surface area contributed by atoms with Crippen molar-refractivity contribution in [2.24, 2.45) is 0 Å². The Bertz CT molecular complexity index is 604. The Hall–Kier alpha value is -2.14. The molecule has 1 amide bonds. The smallest absolute Gasteiger partial charge is 0.224 e. The molecule has 0 radical (unpaired) electrons. The monoisotopic (exact) mass is 286 g/mol. The van der Waals surface area contributed by atoms with E-state index < -0.39 is 0 Å². The van der Waals surface area contributed by atoms with Crippen LogP contribution in [-0.2, 0) is 11.2 Å². The molecule has 5 nitrogen and oxygen atoms in total. The third-order valence-electron chi connectivity index (χ3n) is 3.48. The van der Waals surface area contributed by atoms with Crippen LogP contribution in [-0.4, -0.2) is 35.8 Å². The van der Waals surface area contributed by atoms with Gasteiger partial charge in [0.05, 0.1) is 17.8 Å². The number of aryl methyl sites for hydroxylation is 1. The predicted octanol–water partition coefficient (Wildman–Crippen LogP) is 1.37. The second-order valence-corrected chi connectivity index (χ2v) is 5.03. The molecule has 21 heavy (non-hydrogen) atoms. The van der Waals surface area contributed by atoms with Crippen molar-refractivity contribution in [3.8, 4) is 5.69 Å². The number of carbonyl (C=O) groups excluding carboxylic acids is 1. The molecule has 1 heterocycles. The molecule has 1 aromatic carbocycles. The lowest BCUT2D eigenvalue weighted by Crippen LogP contribution is -2.31. The molecular weight excluding hydrogens is 264 g/mol. The summed E-state index contributed by atoms with van der Waals surface area (Å²) in [7, 11) is 1.87. The van der Waals surface area contributed by atoms with E-state index in [4.69, 9.17) is 0 Å². The number of nitrogens with zero attached hydrogens (tertiary/aromatic N) is 2. The summed E-state index contributed by atoms with van der Waals surface area (Å²) in [6, 6.07) is 9.96. The van der Waals surface area contributed by atoms with Crippen molar-refractivity contribution in [3.63, 3.8) is 0 Å². The van der Waals surface area contributed by atoms with Crippen LogP contribution in [0.3, 0.4) is 0 Å². The predicted molar refractivity (Wildman–Crippen MR) is 83.7 cm³/mol. The minimum absolute atomic E-state index is 0.0315. The Kier molecular flexibility index (Phi) is 5.11. The van der Waals surface area contributed by atoms with Crippen molar-refractivity contribution in [1.29, 1.82) is 0 Å². The average molecular weight is 286 g/mol. The fraction of sp³-hybridized carbons (Fsp3) is 0.375. The number of para-hydroxylation sites is 1. The van der Waals surface area contributed by atoms with E-state index in [0.29, 0.717) is 13.0 Å². The molecule has 0 aliphatic carbocycles. The Morgan fingerprint density at radius 2 is 1.90 bits per heavy atom. The van der Waals surface area contributed by atoms with Crippen LogP contribution in [0, 0.1) is 13.8 Å². The lowest BCUT2D eigenvalue weighted by molar-refractivity contribution is -0.120. The van der Waals surface area contributed by atoms with Gasteiger partial charge >= 0.3 is 0 Å². The summed E-state index contributed by atoms with van der Waals surface area (Å²) in [5.74, 6) is 0.0315. The van der Waals surface area contributed by atoms with Gasteiger partial charge in [0, 0.05) is 24.3 Å². The maximum atomic E-state index is 12.0. The van der Waals surface area contributed by atoms with Crippen LogP contribution >= 0.6 is 0 Å². The molecule has 0 bridgehead atoms. The molecule has 0 aliphatic rings. The number of amides is 1. The molecule has 5 heteroatoms. The minimum atomic E-state index is 0.0315. The molecule has 2 N–H and O–H groups in total. The van der Waals surface area contributed by atoms with Crippen molar-refractivity contribution in [2.75, 3.05) is 20.1 Å². The fourth-order valence-electron chi connectivity index (χ4n) is 2.30. The minimum Gasteiger partial charge on any atom is -0.355 e. The van der Waals surface area contributed by atoms with Gasteiger partial charge in [0.15, 0.2) is 0 Å². The van der Waals surface area contributed by atoms with Gasteiger partial charge in [-0.1, -0.05) is 18.2 Å². The van der Waals surface area contributed by atoms with Gasteiger partial charge in [0.1, 0.15) is 0 Å². The number of hydrogen-bond donors (Lipinski definition) is 2. The second-order valence-electron chi connectivity index (χ2n) is 5.03. The summed E-state index contributed by atoms with van der Waals surface area (Å²) in [6.45, 7) is 5.36. The van der Waals surface area contributed by atoms with Crippen LogP contribution in [0.2, 0.25) is 0 Å². The molecule has 2 aromatic rings. The number of rotatable bonds is 6. The van der Waals surface area contributed by atoms with Gasteiger partial charge in [-0.05, 0) is 33.0 Å². The van der Waals surface area contributed by atoms with Gasteiger partial charge in [-0.3, -0.25) is 4.79 Å². The molecule has 1 aromatic heterocycles. The Balaban J connectivity index is 2.15. The molecule has 0 aliphatic heterocycles. The number of carbonyl (C=O) groups is 1. The second kappa shape index (κ2) is 7.04. The standard InChI is InChI=1S/C16H22N4O/c1-12-15(11-16(21)18-10-9-17-3)13(2)20(19-12)14-7-5-4-6-8-14/h4-8,17H,9-11H2,1-3H3,(H,18,21). The molecule has 0 spiro atoms. The first-order chi connectivity index (χ1) is 10.1. The van der Waals surface area contributed by atoms with Gasteiger partial charge in [0.2, 0.25) is 5.91 Å². The van der Waals surface area contributed by atoms with Crippen LogP contribution in [0.5, 0.6) is 0 Å². The van der Waals surface area contributed by atoms with Crippen LogP contribution in [0.25, 0.3) is 5.69 Å². The quantitative estimate of drug-likeness (QED) is 0.789. The summed E-state index contributed by atoms with van der Waals surface area (Å²) >= 11 is 0. The Morgan fingerprint density at radius 3 is 2.57 bits per heavy atom. The summed E-state index contributed by atoms with van der Waals surface area (Å²) < 4.78 is 1.89. The molecule has 2 rings (SSSR count). The van der Waals surface area contributed by atoms with Crippen LogP contribution in [0.1, 0.15) is 17.0 Å². The van der Waals surface area contributed by atoms with E-state index in [0.717, 1.165) is 29.2 Å². The van der Waals surface area contributed by atoms with Gasteiger partial charge in [-0.2, -0.15) is 5.10 Å². The van der Waals surface area contributed by atoms with E-state index in [9.17, 15) is 4.79 Å². The third kappa shape index (κ3) is 3.70. The molecule has 0 unspecified atom stereocenters. The van der Waals surface area contributed by atoms with Crippen molar-refractivity contribution >= 4 is 5.91 Å². The van der Waals surface area contributed by atoms with E-state index in [1.165, 1.54) is 0 Å². The molecule has 112 valence electrons. The van der Waals surface area contributed by atoms with E-state index >= 15 is 0 Å². The summed E-state index contributed by atoms with van der Waals surface area (Å²) in [5, 5.41) is 10.5. The molecule has 0 saturated heterocycles. The SMILES string of the molecule is CNCCNC(=O)Cc1c(C)nn(-c2ccccc2)c1C. The summed E-state index contributed by atoms with van der Waals surface area (Å²) in [4.78, 5) is 12.0. The highest BCUT2D eigenvalue weighted by Gasteiger charge is 2.15. The average Bonchev–Trinajstić information content (AvgIpc) is 2.76. The maximum Gasteiger partial charge on any atom is 0.224 e. The third-order valence-corrected chi connectivity index (χ3v) is 3.48. The van der Waals surface area contributed by atoms with Crippen LogP contribution in [0.4, 0.5) is 0 Å². The molecular formula is C16H22N4O. The number of benzene rings is 1. The Morgan fingerprint density at radius 1 is 1.19 bits per heavy atom. The van der Waals surface area contributed by atoms with Crippen LogP contribution in [0.15, 0.2) is 30.3 Å². The van der Waals surface area contributed by atoms with Crippen molar-refractivity contribution < 1.29 is 4.79 Å². The van der Waals surface area contributed by atoms with E-state index in [2.05, 4.69) is 15.7 Å². The maximum absolute atomic E-state index is 12.0. The zero-order valence-corrected chi connectivity index (χ0v) is 12.8. The van der Waals surface area contributed by atoms with Crippen molar-refractivity contribution in [2.45, 2.75) is 20.3 Å². The highest BCUT2D eigenvalue weighted by molar-refractivity contribution is 5.79. The molecule has 0 fully saturated rings. The van der Waals surface area contributed by atoms with Crippen molar-refractivity contribution in [3.05, 3.63) is 47.3 Å². The topological polar surface area (TPSA) is 58.9 Å². The normalized spacial score (nSPS) is 10.6. The van der Waals surface area contributed by atoms with Crippen molar-refractivity contribution in [1.82, 2.24) is 20.4 Å². The lowest BCUT2D eigenvalue weighted by atomic mass is 10.1. The lowest BCUT2D eigenvalue weighted by Gasteiger charge is -2.06. The first-order valence-corrected chi connectivity index (χ1v) is 7.15. The largest absolute Gasteiger partial charge is 0.355 e. The Labute approximate surface area is 125 Å². The number of aromatic nitrogens is 2. The summed E-state index contributed by atoms with van der Waals surface area (Å²) in [5.41, 5.74) is 3.93. The summed E-state index contributed by atoms with van der Waals surface area (Å²) in [6.07, 6.45) is 0.369. The van der Waals surface area contributed by atoms with E-state index in [1.54, 1.807) is 0 Å². The molecule has 0 saturated carbocycles. The first kappa shape index (κ1) is 15.3. The number of likely N-dealkylation sites (N-methyl/N-ethyl adjacent to an activating group) is 1. The number of hydrogen-bond acceptors (Lipinski definition) is 3. The number of nitrogens with one attached hydrogen (secondary N) is 2. The van der Waals surface area contributed by atoms with E-state index in [-0.39, 0.29) is 5.91 Å². The van der Waals surface area contributed by atoms with Gasteiger partial charge < -0.3 is 10.6 Å². The highest BCUT2D eigenvalue weighted by atomic mass is 16.1. The van der Waals surface area contributed by atoms with Gasteiger partial charge in [0.25, 0.3) is 0 Å². The molecule has 0 atom stereocenters. The zero-order chi connectivity index (χ0) is 15.2. The van der Waals surface area contributed by atoms with Gasteiger partial charge in [-0.15, -0.1) is 0 Å². The first-order valence-electron chi connectivity index (χ1n) is 7.15. The zero-order valence-electron chi connectivity index (χ0n) is 12.8. The highest BCUT2D eigenvalue weighted by Crippen LogP contribution is 2.18. The van der Waals surface area contributed by atoms with E-state index in [1.807, 2.05) is 55.9 Å². The fourth-order valence-corrected chi connectivity index (χ4v) is 2.30. The van der Waals surface area contributed by atoms with Crippen LogP contribution < -0.4 is 10.6 Å².